The number of benzene rings is 1. The van der Waals surface area contributed by atoms with Crippen molar-refractivity contribution in [2.75, 3.05) is 13.1 Å². The second-order valence-corrected chi connectivity index (χ2v) is 5.72. The van der Waals surface area contributed by atoms with Crippen LogP contribution in [0, 0.1) is 0 Å². The van der Waals surface area contributed by atoms with Gasteiger partial charge in [0.1, 0.15) is 17.5 Å². The molecule has 0 aliphatic carbocycles. The van der Waals surface area contributed by atoms with E-state index in [-0.39, 0.29) is 12.0 Å². The lowest BCUT2D eigenvalue weighted by Crippen LogP contribution is -2.42. The predicted octanol–water partition coefficient (Wildman–Crippen LogP) is 1.86. The summed E-state index contributed by atoms with van der Waals surface area (Å²) in [5.74, 6) is 0.163. The zero-order chi connectivity index (χ0) is 16.9. The SMILES string of the molecule is NC(=O)c1ccc(C(=O)N2CCC(Oc3ccccc3)CC2)nc1. The Morgan fingerprint density at radius 1 is 1.08 bits per heavy atom. The van der Waals surface area contributed by atoms with Crippen molar-refractivity contribution in [3.8, 4) is 5.75 Å². The van der Waals surface area contributed by atoms with Gasteiger partial charge in [-0.3, -0.25) is 14.6 Å². The first kappa shape index (κ1) is 16.0. The standard InChI is InChI=1S/C18H19N3O3/c19-17(22)13-6-7-16(20-12-13)18(23)21-10-8-15(9-11-21)24-14-4-2-1-3-5-14/h1-7,12,15H,8-11H2,(H2,19,22). The fourth-order valence-corrected chi connectivity index (χ4v) is 2.70. The number of rotatable bonds is 4. The Kier molecular flexibility index (Phi) is 4.74. The lowest BCUT2D eigenvalue weighted by Gasteiger charge is -2.32. The second kappa shape index (κ2) is 7.12. The predicted molar refractivity (Wildman–Crippen MR) is 88.8 cm³/mol. The number of primary amides is 1. The molecule has 2 aromatic rings. The molecule has 2 N–H and O–H groups in total. The van der Waals surface area contributed by atoms with Gasteiger partial charge in [-0.2, -0.15) is 0 Å². The first-order chi connectivity index (χ1) is 11.6. The van der Waals surface area contributed by atoms with E-state index in [1.807, 2.05) is 30.3 Å². The zero-order valence-electron chi connectivity index (χ0n) is 13.2. The first-order valence-corrected chi connectivity index (χ1v) is 7.90. The minimum Gasteiger partial charge on any atom is -0.490 e. The van der Waals surface area contributed by atoms with E-state index in [1.54, 1.807) is 4.90 Å². The topological polar surface area (TPSA) is 85.5 Å². The maximum absolute atomic E-state index is 12.5. The Morgan fingerprint density at radius 3 is 2.38 bits per heavy atom. The molecule has 1 saturated heterocycles. The molecule has 6 heteroatoms. The molecular weight excluding hydrogens is 306 g/mol. The van der Waals surface area contributed by atoms with Gasteiger partial charge < -0.3 is 15.4 Å². The Balaban J connectivity index is 1.56. The Labute approximate surface area is 140 Å². The van der Waals surface area contributed by atoms with E-state index in [2.05, 4.69) is 4.98 Å². The van der Waals surface area contributed by atoms with Crippen molar-refractivity contribution in [2.45, 2.75) is 18.9 Å². The number of para-hydroxylation sites is 1. The molecule has 0 saturated carbocycles. The quantitative estimate of drug-likeness (QED) is 0.930. The van der Waals surface area contributed by atoms with E-state index in [1.165, 1.54) is 18.3 Å². The number of hydrogen-bond donors (Lipinski definition) is 1. The van der Waals surface area contributed by atoms with Crippen LogP contribution in [0.25, 0.3) is 0 Å². The number of likely N-dealkylation sites (tertiary alicyclic amines) is 1. The summed E-state index contributed by atoms with van der Waals surface area (Å²) in [6.45, 7) is 1.24. The monoisotopic (exact) mass is 325 g/mol. The van der Waals surface area contributed by atoms with Crippen LogP contribution < -0.4 is 10.5 Å². The maximum atomic E-state index is 12.5. The average molecular weight is 325 g/mol. The van der Waals surface area contributed by atoms with Crippen LogP contribution in [0.2, 0.25) is 0 Å². The van der Waals surface area contributed by atoms with Gasteiger partial charge in [0.05, 0.1) is 5.56 Å². The molecule has 0 spiro atoms. The van der Waals surface area contributed by atoms with Crippen LogP contribution in [0.1, 0.15) is 33.7 Å². The largest absolute Gasteiger partial charge is 0.490 e. The molecule has 0 atom stereocenters. The van der Waals surface area contributed by atoms with Crippen LogP contribution >= 0.6 is 0 Å². The summed E-state index contributed by atoms with van der Waals surface area (Å²) in [5, 5.41) is 0. The Bertz CT molecular complexity index is 708. The van der Waals surface area contributed by atoms with Crippen LogP contribution in [0.15, 0.2) is 48.7 Å². The van der Waals surface area contributed by atoms with Crippen molar-refractivity contribution in [3.63, 3.8) is 0 Å². The van der Waals surface area contributed by atoms with Crippen LogP contribution in [0.5, 0.6) is 5.75 Å². The zero-order valence-corrected chi connectivity index (χ0v) is 13.2. The van der Waals surface area contributed by atoms with Gasteiger partial charge in [-0.1, -0.05) is 18.2 Å². The molecule has 1 aliphatic rings. The van der Waals surface area contributed by atoms with Crippen molar-refractivity contribution in [1.82, 2.24) is 9.88 Å². The molecule has 0 unspecified atom stereocenters. The number of pyridine rings is 1. The fourth-order valence-electron chi connectivity index (χ4n) is 2.70. The van der Waals surface area contributed by atoms with Crippen molar-refractivity contribution in [3.05, 3.63) is 59.9 Å². The number of hydrogen-bond acceptors (Lipinski definition) is 4. The molecule has 6 nitrogen and oxygen atoms in total. The van der Waals surface area contributed by atoms with E-state index >= 15 is 0 Å². The van der Waals surface area contributed by atoms with E-state index in [0.29, 0.717) is 24.3 Å². The Morgan fingerprint density at radius 2 is 1.79 bits per heavy atom. The normalized spacial score (nSPS) is 15.1. The highest BCUT2D eigenvalue weighted by molar-refractivity contribution is 5.95. The van der Waals surface area contributed by atoms with E-state index in [9.17, 15) is 9.59 Å². The summed E-state index contributed by atoms with van der Waals surface area (Å²) in [5.41, 5.74) is 5.79. The third-order valence-electron chi connectivity index (χ3n) is 4.04. The summed E-state index contributed by atoms with van der Waals surface area (Å²) < 4.78 is 5.93. The van der Waals surface area contributed by atoms with E-state index in [0.717, 1.165) is 18.6 Å². The smallest absolute Gasteiger partial charge is 0.272 e. The number of ether oxygens (including phenoxy) is 1. The van der Waals surface area contributed by atoms with Crippen molar-refractivity contribution in [1.29, 1.82) is 0 Å². The van der Waals surface area contributed by atoms with Gasteiger partial charge >= 0.3 is 0 Å². The summed E-state index contributed by atoms with van der Waals surface area (Å²) in [7, 11) is 0. The minimum absolute atomic E-state index is 0.113. The van der Waals surface area contributed by atoms with Gasteiger partial charge in [0.25, 0.3) is 5.91 Å². The maximum Gasteiger partial charge on any atom is 0.272 e. The third kappa shape index (κ3) is 3.71. The highest BCUT2D eigenvalue weighted by atomic mass is 16.5. The van der Waals surface area contributed by atoms with Gasteiger partial charge in [0.2, 0.25) is 5.91 Å². The molecule has 3 rings (SSSR count). The van der Waals surface area contributed by atoms with Gasteiger partial charge in [-0.15, -0.1) is 0 Å². The van der Waals surface area contributed by atoms with Gasteiger partial charge in [0.15, 0.2) is 0 Å². The van der Waals surface area contributed by atoms with E-state index in [4.69, 9.17) is 10.5 Å². The van der Waals surface area contributed by atoms with Crippen molar-refractivity contribution in [2.24, 2.45) is 5.73 Å². The number of carbonyl (C=O) groups excluding carboxylic acids is 2. The molecule has 1 aromatic carbocycles. The van der Waals surface area contributed by atoms with Gasteiger partial charge in [-0.25, -0.2) is 0 Å². The third-order valence-corrected chi connectivity index (χ3v) is 4.04. The number of aromatic nitrogens is 1. The highest BCUT2D eigenvalue weighted by Gasteiger charge is 2.25. The highest BCUT2D eigenvalue weighted by Crippen LogP contribution is 2.19. The molecule has 2 heterocycles. The van der Waals surface area contributed by atoms with Crippen LogP contribution in [0.4, 0.5) is 0 Å². The second-order valence-electron chi connectivity index (χ2n) is 5.72. The average Bonchev–Trinajstić information content (AvgIpc) is 2.63. The van der Waals surface area contributed by atoms with Crippen LogP contribution in [0.3, 0.4) is 0 Å². The molecule has 124 valence electrons. The van der Waals surface area contributed by atoms with Crippen molar-refractivity contribution >= 4 is 11.8 Å². The van der Waals surface area contributed by atoms with Crippen molar-refractivity contribution < 1.29 is 14.3 Å². The molecule has 2 amide bonds. The number of amides is 2. The van der Waals surface area contributed by atoms with Gasteiger partial charge in [0, 0.05) is 32.1 Å². The molecule has 24 heavy (non-hydrogen) atoms. The first-order valence-electron chi connectivity index (χ1n) is 7.90. The fraction of sp³-hybridized carbons (Fsp3) is 0.278. The number of piperidine rings is 1. The minimum atomic E-state index is -0.555. The van der Waals surface area contributed by atoms with E-state index < -0.39 is 5.91 Å². The summed E-state index contributed by atoms with van der Waals surface area (Å²) >= 11 is 0. The van der Waals surface area contributed by atoms with Crippen LogP contribution in [-0.2, 0) is 0 Å². The summed E-state index contributed by atoms with van der Waals surface area (Å²) in [4.78, 5) is 29.3. The molecule has 0 bridgehead atoms. The lowest BCUT2D eigenvalue weighted by atomic mass is 10.1. The Hall–Kier alpha value is -2.89. The summed E-state index contributed by atoms with van der Waals surface area (Å²) in [6.07, 6.45) is 3.00. The lowest BCUT2D eigenvalue weighted by molar-refractivity contribution is 0.0590. The summed E-state index contributed by atoms with van der Waals surface area (Å²) in [6, 6.07) is 12.8. The van der Waals surface area contributed by atoms with Gasteiger partial charge in [-0.05, 0) is 24.3 Å². The number of nitrogens with zero attached hydrogens (tertiary/aromatic N) is 2. The molecular formula is C18H19N3O3. The molecule has 1 aliphatic heterocycles. The number of nitrogens with two attached hydrogens (primary N) is 1. The molecule has 0 radical (unpaired) electrons. The molecule has 1 aromatic heterocycles. The molecule has 1 fully saturated rings. The number of carbonyl (C=O) groups is 2. The van der Waals surface area contributed by atoms with Crippen LogP contribution in [-0.4, -0.2) is 40.9 Å².